The summed E-state index contributed by atoms with van der Waals surface area (Å²) in [6.45, 7) is 1.56. The van der Waals surface area contributed by atoms with Gasteiger partial charge in [0, 0.05) is 6.07 Å². The maximum absolute atomic E-state index is 13.1. The molecule has 0 spiro atoms. The van der Waals surface area contributed by atoms with Crippen molar-refractivity contribution in [3.8, 4) is 23.1 Å². The minimum Gasteiger partial charge on any atom is -0.486 e. The summed E-state index contributed by atoms with van der Waals surface area (Å²) in [5.74, 6) is -0.571. The van der Waals surface area contributed by atoms with E-state index in [9.17, 15) is 26.8 Å². The van der Waals surface area contributed by atoms with Crippen molar-refractivity contribution in [2.45, 2.75) is 24.9 Å². The van der Waals surface area contributed by atoms with Crippen LogP contribution in [-0.2, 0) is 16.4 Å². The van der Waals surface area contributed by atoms with Crippen LogP contribution < -0.4 is 20.7 Å². The van der Waals surface area contributed by atoms with Crippen LogP contribution in [0.2, 0.25) is 10.0 Å². The van der Waals surface area contributed by atoms with Gasteiger partial charge < -0.3 is 9.47 Å². The maximum atomic E-state index is 13.1. The molecule has 0 atom stereocenters. The van der Waals surface area contributed by atoms with E-state index < -0.39 is 33.2 Å². The lowest BCUT2D eigenvalue weighted by molar-refractivity contribution is 0.141. The summed E-state index contributed by atoms with van der Waals surface area (Å²) in [5.41, 5.74) is -2.94. The van der Waals surface area contributed by atoms with Crippen molar-refractivity contribution in [1.82, 2.24) is 19.7 Å². The van der Waals surface area contributed by atoms with Gasteiger partial charge in [-0.25, -0.2) is 27.0 Å². The van der Waals surface area contributed by atoms with Gasteiger partial charge in [0.2, 0.25) is 5.88 Å². The molecule has 0 radical (unpaired) electrons. The quantitative estimate of drug-likeness (QED) is 0.292. The summed E-state index contributed by atoms with van der Waals surface area (Å²) in [7, 11) is -3.78. The van der Waals surface area contributed by atoms with E-state index >= 15 is 0 Å². The molecular formula is C24H18Cl2F2N4O6S. The molecule has 0 aliphatic rings. The second-order valence-corrected chi connectivity index (χ2v) is 10.9. The SMILES string of the molecule is CCS(=O)(=O)c1cc(Oc2c(Cl)cc(-n3nc(C(F)F)c(=O)[nH]c3=O)cc2Cl)ncc1OCc1ccccc1. The van der Waals surface area contributed by atoms with Crippen LogP contribution in [0.5, 0.6) is 17.4 Å². The van der Waals surface area contributed by atoms with Gasteiger partial charge in [0.05, 0.1) is 27.7 Å². The number of aromatic amines is 1. The fraction of sp³-hybridized carbons (Fsp3) is 0.167. The summed E-state index contributed by atoms with van der Waals surface area (Å²) in [4.78, 5) is 29.4. The van der Waals surface area contributed by atoms with Gasteiger partial charge in [-0.2, -0.15) is 9.78 Å². The van der Waals surface area contributed by atoms with Crippen LogP contribution in [0.15, 0.2) is 69.2 Å². The molecule has 204 valence electrons. The molecule has 4 rings (SSSR count). The van der Waals surface area contributed by atoms with Gasteiger partial charge in [0.1, 0.15) is 11.5 Å². The van der Waals surface area contributed by atoms with Crippen molar-refractivity contribution in [3.05, 3.63) is 96.9 Å². The minimum atomic E-state index is -3.78. The largest absolute Gasteiger partial charge is 0.486 e. The molecule has 0 saturated carbocycles. The highest BCUT2D eigenvalue weighted by molar-refractivity contribution is 7.91. The van der Waals surface area contributed by atoms with E-state index in [0.29, 0.717) is 4.68 Å². The Hall–Kier alpha value is -3.81. The highest BCUT2D eigenvalue weighted by atomic mass is 35.5. The number of nitrogens with zero attached hydrogens (tertiary/aromatic N) is 3. The van der Waals surface area contributed by atoms with Gasteiger partial charge in [-0.3, -0.25) is 9.78 Å². The average Bonchev–Trinajstić information content (AvgIpc) is 2.90. The topological polar surface area (TPSA) is 133 Å². The number of pyridine rings is 1. The zero-order valence-corrected chi connectivity index (χ0v) is 22.2. The number of rotatable bonds is 9. The minimum absolute atomic E-state index is 0.0129. The van der Waals surface area contributed by atoms with Crippen LogP contribution in [0.4, 0.5) is 8.78 Å². The van der Waals surface area contributed by atoms with Gasteiger partial charge in [0.15, 0.2) is 27.0 Å². The standard InChI is InChI=1S/C24H18Cl2F2N4O6S/c1-2-39(35,36)18-10-19(29-11-17(18)37-12-13-6-4-3-5-7-13)38-21-15(25)8-14(9-16(21)26)32-24(34)30-23(33)20(31-32)22(27)28/h3-11,22H,2,12H2,1H3,(H,30,33,34). The van der Waals surface area contributed by atoms with E-state index in [1.54, 1.807) is 4.98 Å². The molecule has 0 bridgehead atoms. The third kappa shape index (κ3) is 6.27. The van der Waals surface area contributed by atoms with E-state index in [4.69, 9.17) is 32.7 Å². The number of benzene rings is 2. The van der Waals surface area contributed by atoms with E-state index in [2.05, 4.69) is 10.1 Å². The Bertz CT molecular complexity index is 1720. The Morgan fingerprint density at radius 3 is 2.36 bits per heavy atom. The molecule has 0 saturated heterocycles. The average molecular weight is 599 g/mol. The zero-order chi connectivity index (χ0) is 28.3. The van der Waals surface area contributed by atoms with Crippen LogP contribution in [0.3, 0.4) is 0 Å². The highest BCUT2D eigenvalue weighted by Crippen LogP contribution is 2.39. The van der Waals surface area contributed by atoms with Crippen LogP contribution in [0, 0.1) is 0 Å². The van der Waals surface area contributed by atoms with Gasteiger partial charge >= 0.3 is 5.69 Å². The number of alkyl halides is 2. The third-order valence-electron chi connectivity index (χ3n) is 5.25. The monoisotopic (exact) mass is 598 g/mol. The van der Waals surface area contributed by atoms with E-state index in [1.807, 2.05) is 30.3 Å². The molecule has 10 nitrogen and oxygen atoms in total. The first-order chi connectivity index (χ1) is 18.5. The molecule has 2 aromatic heterocycles. The van der Waals surface area contributed by atoms with Gasteiger partial charge in [-0.15, -0.1) is 0 Å². The van der Waals surface area contributed by atoms with Crippen LogP contribution in [-0.4, -0.2) is 33.9 Å². The summed E-state index contributed by atoms with van der Waals surface area (Å²) in [6.07, 6.45) is -2.06. The molecule has 0 fully saturated rings. The molecule has 15 heteroatoms. The molecule has 39 heavy (non-hydrogen) atoms. The molecule has 1 N–H and O–H groups in total. The molecule has 0 aliphatic heterocycles. The summed E-state index contributed by atoms with van der Waals surface area (Å²) in [6, 6.07) is 12.5. The van der Waals surface area contributed by atoms with Crippen LogP contribution >= 0.6 is 23.2 Å². The normalized spacial score (nSPS) is 11.5. The molecule has 2 heterocycles. The predicted molar refractivity (Wildman–Crippen MR) is 138 cm³/mol. The lowest BCUT2D eigenvalue weighted by Gasteiger charge is -2.15. The summed E-state index contributed by atoms with van der Waals surface area (Å²) in [5, 5.41) is 3.01. The zero-order valence-electron chi connectivity index (χ0n) is 19.9. The van der Waals surface area contributed by atoms with E-state index in [0.717, 1.165) is 23.8 Å². The third-order valence-corrected chi connectivity index (χ3v) is 7.56. The number of sulfone groups is 1. The first kappa shape index (κ1) is 28.2. The van der Waals surface area contributed by atoms with Crippen LogP contribution in [0.1, 0.15) is 24.6 Å². The smallest absolute Gasteiger partial charge is 0.349 e. The van der Waals surface area contributed by atoms with Crippen molar-refractivity contribution in [2.75, 3.05) is 5.75 Å². The fourth-order valence-electron chi connectivity index (χ4n) is 3.31. The Balaban J connectivity index is 1.68. The first-order valence-electron chi connectivity index (χ1n) is 11.1. The number of hydrogen-bond acceptors (Lipinski definition) is 8. The Morgan fingerprint density at radius 1 is 1.08 bits per heavy atom. The lowest BCUT2D eigenvalue weighted by Crippen LogP contribution is -2.34. The Labute approximate surface area is 229 Å². The Kier molecular flexibility index (Phi) is 8.33. The highest BCUT2D eigenvalue weighted by Gasteiger charge is 2.23. The van der Waals surface area contributed by atoms with Crippen LogP contribution in [0.25, 0.3) is 5.69 Å². The maximum Gasteiger partial charge on any atom is 0.349 e. The Morgan fingerprint density at radius 2 is 1.74 bits per heavy atom. The fourth-order valence-corrected chi connectivity index (χ4v) is 4.87. The van der Waals surface area contributed by atoms with Gasteiger partial charge in [-0.1, -0.05) is 60.5 Å². The van der Waals surface area contributed by atoms with Crippen molar-refractivity contribution < 1.29 is 26.7 Å². The summed E-state index contributed by atoms with van der Waals surface area (Å²) < 4.78 is 63.6. The second-order valence-electron chi connectivity index (χ2n) is 7.84. The van der Waals surface area contributed by atoms with E-state index in [1.165, 1.54) is 13.1 Å². The predicted octanol–water partition coefficient (Wildman–Crippen LogP) is 4.73. The summed E-state index contributed by atoms with van der Waals surface area (Å²) >= 11 is 12.6. The molecule has 4 aromatic rings. The first-order valence-corrected chi connectivity index (χ1v) is 13.5. The molecular weight excluding hydrogens is 581 g/mol. The number of hydrogen-bond donors (Lipinski definition) is 1. The number of H-pyrrole nitrogens is 1. The molecule has 0 unspecified atom stereocenters. The lowest BCUT2D eigenvalue weighted by atomic mass is 10.2. The number of halogens is 4. The van der Waals surface area contributed by atoms with Gasteiger partial charge in [0.25, 0.3) is 12.0 Å². The molecule has 0 amide bonds. The van der Waals surface area contributed by atoms with E-state index in [-0.39, 0.29) is 50.4 Å². The van der Waals surface area contributed by atoms with Gasteiger partial charge in [-0.05, 0) is 17.7 Å². The van der Waals surface area contributed by atoms with Crippen molar-refractivity contribution >= 4 is 33.0 Å². The van der Waals surface area contributed by atoms with Crippen molar-refractivity contribution in [1.29, 1.82) is 0 Å². The number of ether oxygens (including phenoxy) is 2. The molecule has 0 aliphatic carbocycles. The number of nitrogens with one attached hydrogen (secondary N) is 1. The van der Waals surface area contributed by atoms with Crippen molar-refractivity contribution in [2.24, 2.45) is 0 Å². The number of aromatic nitrogens is 4. The van der Waals surface area contributed by atoms with Crippen molar-refractivity contribution in [3.63, 3.8) is 0 Å². The second kappa shape index (κ2) is 11.5. The molecule has 2 aromatic carbocycles.